The molecule has 1 heterocycles. The lowest BCUT2D eigenvalue weighted by Gasteiger charge is -2.58. The molecule has 2 saturated carbocycles. The van der Waals surface area contributed by atoms with Crippen molar-refractivity contribution >= 4 is 12.1 Å². The molecule has 1 aliphatic heterocycles. The molecule has 0 unspecified atom stereocenters. The van der Waals surface area contributed by atoms with Crippen molar-refractivity contribution in [3.8, 4) is 0 Å². The Bertz CT molecular complexity index is 654. The Balaban J connectivity index is 1.66. The highest BCUT2D eigenvalue weighted by molar-refractivity contribution is 5.82. The third-order valence-electron chi connectivity index (χ3n) is 7.90. The predicted molar refractivity (Wildman–Crippen MR) is 115 cm³/mol. The second-order valence-electron chi connectivity index (χ2n) is 11.6. The number of carbonyl (C=O) groups is 2. The first-order valence-electron chi connectivity index (χ1n) is 11.7. The normalized spacial score (nSPS) is 36.2. The molecule has 1 saturated heterocycles. The number of esters is 1. The Labute approximate surface area is 181 Å². The summed E-state index contributed by atoms with van der Waals surface area (Å²) in [5.74, 6) is 0.0955. The fourth-order valence-corrected chi connectivity index (χ4v) is 6.43. The average Bonchev–Trinajstić information content (AvgIpc) is 3.08. The Morgan fingerprint density at radius 1 is 1.07 bits per heavy atom. The number of carbonyl (C=O) groups excluding carboxylic acids is 2. The number of aliphatic hydroxyl groups is 1. The van der Waals surface area contributed by atoms with E-state index >= 15 is 0 Å². The van der Waals surface area contributed by atoms with Gasteiger partial charge in [0, 0.05) is 12.5 Å². The van der Waals surface area contributed by atoms with Gasteiger partial charge >= 0.3 is 12.1 Å². The van der Waals surface area contributed by atoms with Crippen molar-refractivity contribution in [3.63, 3.8) is 0 Å². The van der Waals surface area contributed by atoms with E-state index in [0.29, 0.717) is 18.9 Å². The van der Waals surface area contributed by atoms with Crippen molar-refractivity contribution in [1.82, 2.24) is 4.90 Å². The highest BCUT2D eigenvalue weighted by Gasteiger charge is 2.55. The molecule has 172 valence electrons. The second-order valence-corrected chi connectivity index (χ2v) is 11.6. The molecule has 0 radical (unpaired) electrons. The van der Waals surface area contributed by atoms with Gasteiger partial charge in [0.2, 0.25) is 0 Å². The van der Waals surface area contributed by atoms with Crippen molar-refractivity contribution < 1.29 is 24.2 Å². The molecule has 6 heteroatoms. The maximum atomic E-state index is 12.9. The molecule has 1 N–H and O–H groups in total. The van der Waals surface area contributed by atoms with Gasteiger partial charge in [0.15, 0.2) is 0 Å². The number of nitrogens with zero attached hydrogens (tertiary/aromatic N) is 1. The number of hydrogen-bond acceptors (Lipinski definition) is 5. The molecule has 3 fully saturated rings. The fourth-order valence-electron chi connectivity index (χ4n) is 6.43. The molecule has 3 rings (SSSR count). The minimum absolute atomic E-state index is 0.0276. The largest absolute Gasteiger partial charge is 0.464 e. The summed E-state index contributed by atoms with van der Waals surface area (Å²) in [4.78, 5) is 26.9. The van der Waals surface area contributed by atoms with E-state index in [-0.39, 0.29) is 29.3 Å². The molecule has 2 aliphatic carbocycles. The maximum absolute atomic E-state index is 12.9. The minimum Gasteiger partial charge on any atom is -0.464 e. The van der Waals surface area contributed by atoms with Gasteiger partial charge in [-0.2, -0.15) is 0 Å². The first-order chi connectivity index (χ1) is 13.8. The molecule has 0 spiro atoms. The van der Waals surface area contributed by atoms with E-state index in [0.717, 1.165) is 32.1 Å². The monoisotopic (exact) mass is 423 g/mol. The maximum Gasteiger partial charge on any atom is 0.411 e. The molecular weight excluding hydrogens is 382 g/mol. The molecule has 0 aromatic heterocycles. The van der Waals surface area contributed by atoms with Crippen LogP contribution in [0.5, 0.6) is 0 Å². The van der Waals surface area contributed by atoms with Gasteiger partial charge in [-0.1, -0.05) is 27.2 Å². The van der Waals surface area contributed by atoms with Gasteiger partial charge in [0.25, 0.3) is 0 Å². The number of likely N-dealkylation sites (tertiary alicyclic amines) is 1. The van der Waals surface area contributed by atoms with Crippen molar-refractivity contribution in [2.24, 2.45) is 22.7 Å². The van der Waals surface area contributed by atoms with Crippen LogP contribution in [0.4, 0.5) is 4.79 Å². The number of amides is 1. The van der Waals surface area contributed by atoms with E-state index in [1.807, 2.05) is 20.8 Å². The molecule has 1 amide bonds. The second kappa shape index (κ2) is 8.33. The van der Waals surface area contributed by atoms with Gasteiger partial charge in [0.05, 0.1) is 12.7 Å². The SMILES string of the molecule is CC(C)(C)OC(=O)N1CCC[C@H]1C(=O)OC[C@H]1[C@@H](O)CC[C@H]2C(C)(C)CCC[C@]12C. The number of rotatable bonds is 3. The summed E-state index contributed by atoms with van der Waals surface area (Å²) in [5, 5.41) is 10.8. The third-order valence-corrected chi connectivity index (χ3v) is 7.90. The van der Waals surface area contributed by atoms with Crippen LogP contribution in [0.2, 0.25) is 0 Å². The molecule has 5 atom stereocenters. The van der Waals surface area contributed by atoms with Crippen LogP contribution in [0.3, 0.4) is 0 Å². The lowest BCUT2D eigenvalue weighted by atomic mass is 9.48. The summed E-state index contributed by atoms with van der Waals surface area (Å²) >= 11 is 0. The Morgan fingerprint density at radius 2 is 1.77 bits per heavy atom. The van der Waals surface area contributed by atoms with E-state index in [4.69, 9.17) is 9.47 Å². The first-order valence-corrected chi connectivity index (χ1v) is 11.7. The van der Waals surface area contributed by atoms with Crippen LogP contribution in [0, 0.1) is 22.7 Å². The van der Waals surface area contributed by atoms with E-state index in [2.05, 4.69) is 20.8 Å². The Morgan fingerprint density at radius 3 is 2.43 bits per heavy atom. The lowest BCUT2D eigenvalue weighted by molar-refractivity contribution is -0.167. The molecular formula is C24H41NO5. The minimum atomic E-state index is -0.599. The van der Waals surface area contributed by atoms with Crippen molar-refractivity contribution in [2.75, 3.05) is 13.2 Å². The highest BCUT2D eigenvalue weighted by Crippen LogP contribution is 2.59. The summed E-state index contributed by atoms with van der Waals surface area (Å²) in [5.41, 5.74) is -0.383. The molecule has 6 nitrogen and oxygen atoms in total. The molecule has 0 aromatic carbocycles. The summed E-state index contributed by atoms with van der Waals surface area (Å²) < 4.78 is 11.2. The summed E-state index contributed by atoms with van der Waals surface area (Å²) in [6.07, 6.45) is 5.67. The van der Waals surface area contributed by atoms with E-state index in [1.165, 1.54) is 11.3 Å². The van der Waals surface area contributed by atoms with Crippen LogP contribution in [0.1, 0.15) is 86.5 Å². The smallest absolute Gasteiger partial charge is 0.411 e. The number of aliphatic hydroxyl groups excluding tert-OH is 1. The topological polar surface area (TPSA) is 76.1 Å². The number of fused-ring (bicyclic) bond motifs is 1. The van der Waals surface area contributed by atoms with Gasteiger partial charge < -0.3 is 14.6 Å². The van der Waals surface area contributed by atoms with E-state index in [9.17, 15) is 14.7 Å². The van der Waals surface area contributed by atoms with E-state index in [1.54, 1.807) is 0 Å². The van der Waals surface area contributed by atoms with Crippen molar-refractivity contribution in [2.45, 2.75) is 104 Å². The molecule has 0 aromatic rings. The summed E-state index contributed by atoms with van der Waals surface area (Å²) in [6.45, 7) is 13.2. The average molecular weight is 424 g/mol. The summed E-state index contributed by atoms with van der Waals surface area (Å²) in [6, 6.07) is -0.591. The zero-order chi connectivity index (χ0) is 22.3. The zero-order valence-electron chi connectivity index (χ0n) is 19.7. The first kappa shape index (κ1) is 23.4. The lowest BCUT2D eigenvalue weighted by Crippen LogP contribution is -2.55. The Kier molecular flexibility index (Phi) is 6.48. The van der Waals surface area contributed by atoms with Gasteiger partial charge in [-0.3, -0.25) is 4.90 Å². The Hall–Kier alpha value is -1.30. The van der Waals surface area contributed by atoms with Crippen LogP contribution in [0.25, 0.3) is 0 Å². The van der Waals surface area contributed by atoms with Crippen LogP contribution < -0.4 is 0 Å². The van der Waals surface area contributed by atoms with Crippen LogP contribution in [-0.4, -0.2) is 53.0 Å². The van der Waals surface area contributed by atoms with Crippen molar-refractivity contribution in [1.29, 1.82) is 0 Å². The standard InChI is InChI=1S/C24H41NO5/c1-22(2,3)30-21(28)25-14-7-9-17(25)20(27)29-15-16-18(26)10-11-19-23(4,5)12-8-13-24(16,19)6/h16-19,26H,7-15H2,1-6H3/t16-,17-,18-,19-,24+/m0/s1. The molecule has 0 bridgehead atoms. The zero-order valence-corrected chi connectivity index (χ0v) is 19.7. The van der Waals surface area contributed by atoms with Gasteiger partial charge in [-0.15, -0.1) is 0 Å². The van der Waals surface area contributed by atoms with Crippen molar-refractivity contribution in [3.05, 3.63) is 0 Å². The van der Waals surface area contributed by atoms with Crippen LogP contribution >= 0.6 is 0 Å². The predicted octanol–water partition coefficient (Wildman–Crippen LogP) is 4.53. The van der Waals surface area contributed by atoms with Gasteiger partial charge in [-0.05, 0) is 76.0 Å². The van der Waals surface area contributed by atoms with Crippen LogP contribution in [0.15, 0.2) is 0 Å². The third kappa shape index (κ3) is 4.63. The highest BCUT2D eigenvalue weighted by atomic mass is 16.6. The van der Waals surface area contributed by atoms with Gasteiger partial charge in [-0.25, -0.2) is 9.59 Å². The number of ether oxygens (including phenoxy) is 2. The molecule has 30 heavy (non-hydrogen) atoms. The quantitative estimate of drug-likeness (QED) is 0.675. The summed E-state index contributed by atoms with van der Waals surface area (Å²) in [7, 11) is 0. The van der Waals surface area contributed by atoms with Crippen LogP contribution in [-0.2, 0) is 14.3 Å². The number of hydrogen-bond donors (Lipinski definition) is 1. The fraction of sp³-hybridized carbons (Fsp3) is 0.917. The molecule has 3 aliphatic rings. The van der Waals surface area contributed by atoms with E-state index < -0.39 is 23.8 Å². The van der Waals surface area contributed by atoms with Gasteiger partial charge in [0.1, 0.15) is 11.6 Å².